The van der Waals surface area contributed by atoms with Crippen LogP contribution < -0.4 is 0 Å². The number of thioether (sulfide) groups is 1. The summed E-state index contributed by atoms with van der Waals surface area (Å²) in [7, 11) is 1.62. The molecular formula is C11H19N3O4S. The molecule has 0 aliphatic rings. The molecule has 1 N–H and O–H groups in total. The molecule has 0 atom stereocenters. The van der Waals surface area contributed by atoms with E-state index >= 15 is 0 Å². The van der Waals surface area contributed by atoms with E-state index in [1.54, 1.807) is 7.11 Å². The van der Waals surface area contributed by atoms with Crippen molar-refractivity contribution in [2.75, 3.05) is 32.7 Å². The summed E-state index contributed by atoms with van der Waals surface area (Å²) in [5.41, 5.74) is 0. The quantitative estimate of drug-likeness (QED) is 0.500. The van der Waals surface area contributed by atoms with E-state index in [-0.39, 0.29) is 5.75 Å². The van der Waals surface area contributed by atoms with E-state index < -0.39 is 5.97 Å². The van der Waals surface area contributed by atoms with Crippen LogP contribution in [-0.4, -0.2) is 58.5 Å². The van der Waals surface area contributed by atoms with Crippen LogP contribution in [0.15, 0.2) is 5.16 Å². The molecule has 8 heteroatoms. The highest BCUT2D eigenvalue weighted by Gasteiger charge is 2.13. The third-order valence-electron chi connectivity index (χ3n) is 2.31. The molecule has 0 saturated heterocycles. The van der Waals surface area contributed by atoms with Gasteiger partial charge in [0.05, 0.1) is 19.0 Å². The van der Waals surface area contributed by atoms with Crippen LogP contribution in [0.5, 0.6) is 0 Å². The zero-order chi connectivity index (χ0) is 14.1. The van der Waals surface area contributed by atoms with Crippen LogP contribution in [-0.2, 0) is 27.2 Å². The number of carboxylic acids is 1. The SMILES string of the molecule is CCOCCc1nnc(SCC(=O)O)n1CCOC. The zero-order valence-corrected chi connectivity index (χ0v) is 12.0. The highest BCUT2D eigenvalue weighted by molar-refractivity contribution is 7.99. The number of hydrogen-bond donors (Lipinski definition) is 1. The van der Waals surface area contributed by atoms with Gasteiger partial charge in [-0.15, -0.1) is 10.2 Å². The highest BCUT2D eigenvalue weighted by Crippen LogP contribution is 2.17. The number of carboxylic acid groups (broad SMARTS) is 1. The first-order chi connectivity index (χ1) is 9.19. The van der Waals surface area contributed by atoms with E-state index in [0.717, 1.165) is 17.6 Å². The van der Waals surface area contributed by atoms with Crippen molar-refractivity contribution < 1.29 is 19.4 Å². The first-order valence-corrected chi connectivity index (χ1v) is 7.01. The monoisotopic (exact) mass is 289 g/mol. The first-order valence-electron chi connectivity index (χ1n) is 6.02. The number of carbonyl (C=O) groups is 1. The van der Waals surface area contributed by atoms with Gasteiger partial charge in [-0.1, -0.05) is 11.8 Å². The summed E-state index contributed by atoms with van der Waals surface area (Å²) in [4.78, 5) is 10.6. The highest BCUT2D eigenvalue weighted by atomic mass is 32.2. The topological polar surface area (TPSA) is 86.5 Å². The van der Waals surface area contributed by atoms with Gasteiger partial charge in [-0.3, -0.25) is 4.79 Å². The van der Waals surface area contributed by atoms with E-state index in [0.29, 0.717) is 37.9 Å². The normalized spacial score (nSPS) is 10.8. The Morgan fingerprint density at radius 1 is 1.42 bits per heavy atom. The third kappa shape index (κ3) is 5.58. The van der Waals surface area contributed by atoms with Crippen molar-refractivity contribution >= 4 is 17.7 Å². The number of nitrogens with zero attached hydrogens (tertiary/aromatic N) is 3. The fourth-order valence-electron chi connectivity index (χ4n) is 1.45. The maximum absolute atomic E-state index is 10.6. The van der Waals surface area contributed by atoms with Gasteiger partial charge in [0.1, 0.15) is 5.82 Å². The van der Waals surface area contributed by atoms with E-state index in [9.17, 15) is 4.79 Å². The van der Waals surface area contributed by atoms with Gasteiger partial charge >= 0.3 is 5.97 Å². The van der Waals surface area contributed by atoms with E-state index in [2.05, 4.69) is 10.2 Å². The van der Waals surface area contributed by atoms with Crippen LogP contribution in [0.3, 0.4) is 0 Å². The molecule has 0 amide bonds. The summed E-state index contributed by atoms with van der Waals surface area (Å²) in [5, 5.41) is 17.4. The van der Waals surface area contributed by atoms with Gasteiger partial charge in [0, 0.05) is 26.7 Å². The summed E-state index contributed by atoms with van der Waals surface area (Å²) in [6, 6.07) is 0. The molecule has 0 bridgehead atoms. The van der Waals surface area contributed by atoms with Gasteiger partial charge in [0.2, 0.25) is 0 Å². The number of hydrogen-bond acceptors (Lipinski definition) is 6. The molecule has 19 heavy (non-hydrogen) atoms. The second-order valence-corrected chi connectivity index (χ2v) is 4.62. The maximum atomic E-state index is 10.6. The average Bonchev–Trinajstić information content (AvgIpc) is 2.76. The Hall–Kier alpha value is -1.12. The number of methoxy groups -OCH3 is 1. The standard InChI is InChI=1S/C11H19N3O4S/c1-3-18-6-4-9-12-13-11(19-8-10(15)16)14(9)5-7-17-2/h3-8H2,1-2H3,(H,15,16). The molecule has 0 saturated carbocycles. The Kier molecular flexibility index (Phi) is 7.46. The molecule has 0 unspecified atom stereocenters. The molecular weight excluding hydrogens is 270 g/mol. The van der Waals surface area contributed by atoms with Crippen LogP contribution in [0.2, 0.25) is 0 Å². The van der Waals surface area contributed by atoms with Gasteiger partial charge in [-0.2, -0.15) is 0 Å². The second kappa shape index (κ2) is 8.89. The Morgan fingerprint density at radius 3 is 2.84 bits per heavy atom. The van der Waals surface area contributed by atoms with Crippen molar-refractivity contribution in [1.82, 2.24) is 14.8 Å². The molecule has 0 fully saturated rings. The van der Waals surface area contributed by atoms with Gasteiger partial charge in [0.15, 0.2) is 5.16 Å². The molecule has 1 heterocycles. The molecule has 0 aliphatic heterocycles. The molecule has 0 radical (unpaired) electrons. The van der Waals surface area contributed by atoms with Gasteiger partial charge < -0.3 is 19.1 Å². The lowest BCUT2D eigenvalue weighted by Gasteiger charge is -2.09. The fourth-order valence-corrected chi connectivity index (χ4v) is 2.16. The Labute approximate surface area is 116 Å². The maximum Gasteiger partial charge on any atom is 0.313 e. The van der Waals surface area contributed by atoms with Crippen LogP contribution in [0, 0.1) is 0 Å². The zero-order valence-electron chi connectivity index (χ0n) is 11.2. The van der Waals surface area contributed by atoms with E-state index in [4.69, 9.17) is 14.6 Å². The molecule has 0 aliphatic carbocycles. The van der Waals surface area contributed by atoms with Gasteiger partial charge in [-0.05, 0) is 6.92 Å². The number of aliphatic carboxylic acids is 1. The van der Waals surface area contributed by atoms with Crippen molar-refractivity contribution in [3.05, 3.63) is 5.82 Å². The minimum Gasteiger partial charge on any atom is -0.481 e. The van der Waals surface area contributed by atoms with E-state index in [1.165, 1.54) is 0 Å². The van der Waals surface area contributed by atoms with Crippen molar-refractivity contribution in [3.63, 3.8) is 0 Å². The minimum absolute atomic E-state index is 0.0312. The average molecular weight is 289 g/mol. The summed E-state index contributed by atoms with van der Waals surface area (Å²) >= 11 is 1.16. The van der Waals surface area contributed by atoms with Crippen LogP contribution in [0.4, 0.5) is 0 Å². The predicted octanol–water partition coefficient (Wildman–Crippen LogP) is 0.680. The number of aromatic nitrogens is 3. The molecule has 1 rings (SSSR count). The largest absolute Gasteiger partial charge is 0.481 e. The van der Waals surface area contributed by atoms with Gasteiger partial charge in [0.25, 0.3) is 0 Å². The minimum atomic E-state index is -0.873. The Morgan fingerprint density at radius 2 is 2.21 bits per heavy atom. The Bertz CT molecular complexity index is 397. The van der Waals surface area contributed by atoms with Crippen LogP contribution in [0.25, 0.3) is 0 Å². The fraction of sp³-hybridized carbons (Fsp3) is 0.727. The first kappa shape index (κ1) is 15.9. The summed E-state index contributed by atoms with van der Waals surface area (Å²) in [6.45, 7) is 4.30. The predicted molar refractivity (Wildman–Crippen MR) is 70.5 cm³/mol. The van der Waals surface area contributed by atoms with Crippen LogP contribution >= 0.6 is 11.8 Å². The summed E-state index contributed by atoms with van der Waals surface area (Å²) in [5.74, 6) is -0.114. The summed E-state index contributed by atoms with van der Waals surface area (Å²) in [6.07, 6.45) is 0.651. The molecule has 1 aromatic rings. The lowest BCUT2D eigenvalue weighted by molar-refractivity contribution is -0.133. The molecule has 7 nitrogen and oxygen atoms in total. The van der Waals surface area contributed by atoms with Crippen LogP contribution in [0.1, 0.15) is 12.7 Å². The lowest BCUT2D eigenvalue weighted by atomic mass is 10.4. The van der Waals surface area contributed by atoms with Crippen molar-refractivity contribution in [1.29, 1.82) is 0 Å². The third-order valence-corrected chi connectivity index (χ3v) is 3.26. The van der Waals surface area contributed by atoms with Crippen molar-refractivity contribution in [2.45, 2.75) is 25.0 Å². The van der Waals surface area contributed by atoms with Gasteiger partial charge in [-0.25, -0.2) is 0 Å². The van der Waals surface area contributed by atoms with Crippen molar-refractivity contribution in [2.24, 2.45) is 0 Å². The van der Waals surface area contributed by atoms with E-state index in [1.807, 2.05) is 11.5 Å². The molecule has 1 aromatic heterocycles. The number of rotatable bonds is 10. The number of ether oxygens (including phenoxy) is 2. The molecule has 0 aromatic carbocycles. The smallest absolute Gasteiger partial charge is 0.313 e. The second-order valence-electron chi connectivity index (χ2n) is 3.67. The lowest BCUT2D eigenvalue weighted by Crippen LogP contribution is -2.12. The summed E-state index contributed by atoms with van der Waals surface area (Å²) < 4.78 is 12.2. The Balaban J connectivity index is 2.69. The molecule has 0 spiro atoms. The van der Waals surface area contributed by atoms with Crippen molar-refractivity contribution in [3.8, 4) is 0 Å². The molecule has 108 valence electrons.